The van der Waals surface area contributed by atoms with E-state index >= 15 is 0 Å². The number of halogens is 1. The molecule has 1 amide bonds. The minimum atomic E-state index is -3.72. The maximum atomic E-state index is 13.6. The number of nitrogens with zero attached hydrogens (tertiary/aromatic N) is 3. The maximum absolute atomic E-state index is 13.6. The predicted octanol–water partition coefficient (Wildman–Crippen LogP) is 5.69. The number of amides is 1. The second kappa shape index (κ2) is 11.9. The van der Waals surface area contributed by atoms with E-state index in [0.29, 0.717) is 67.9 Å². The number of ether oxygens (including phenoxy) is 2. The van der Waals surface area contributed by atoms with Gasteiger partial charge in [-0.05, 0) is 55.8 Å². The molecule has 0 spiro atoms. The quantitative estimate of drug-likeness (QED) is 0.181. The number of morpholine rings is 1. The van der Waals surface area contributed by atoms with Crippen molar-refractivity contribution in [2.75, 3.05) is 44.4 Å². The van der Waals surface area contributed by atoms with Gasteiger partial charge in [0.1, 0.15) is 5.75 Å². The van der Waals surface area contributed by atoms with Crippen molar-refractivity contribution >= 4 is 55.8 Å². The zero-order valence-electron chi connectivity index (χ0n) is 23.3. The Bertz CT molecular complexity index is 1780. The Morgan fingerprint density at radius 3 is 2.57 bits per heavy atom. The topological polar surface area (TPSA) is 81.1 Å². The SMILES string of the molecule is CCN1C(=O)/C(=C\c2cn(CCCOc3ccccc3Cl)c3ccccc23)c2cc(S(=O)(=O)N3CCOCC3)ccc21. The smallest absolute Gasteiger partial charge is 0.258 e. The fraction of sp³-hybridized carbons (Fsp3) is 0.281. The summed E-state index contributed by atoms with van der Waals surface area (Å²) < 4.78 is 41.7. The Morgan fingerprint density at radius 1 is 1.02 bits per heavy atom. The van der Waals surface area contributed by atoms with Crippen LogP contribution in [-0.2, 0) is 26.1 Å². The van der Waals surface area contributed by atoms with Crippen molar-refractivity contribution in [1.82, 2.24) is 8.87 Å². The normalized spacial score (nSPS) is 16.9. The van der Waals surface area contributed by atoms with Crippen molar-refractivity contribution in [3.63, 3.8) is 0 Å². The summed E-state index contributed by atoms with van der Waals surface area (Å²) >= 11 is 6.22. The van der Waals surface area contributed by atoms with Gasteiger partial charge in [0.2, 0.25) is 10.0 Å². The van der Waals surface area contributed by atoms with Gasteiger partial charge in [-0.25, -0.2) is 8.42 Å². The molecule has 42 heavy (non-hydrogen) atoms. The number of para-hydroxylation sites is 2. The number of rotatable bonds is 9. The van der Waals surface area contributed by atoms with Crippen LogP contribution in [0.5, 0.6) is 5.75 Å². The average molecular weight is 606 g/mol. The number of sulfonamides is 1. The van der Waals surface area contributed by atoms with Gasteiger partial charge in [0, 0.05) is 60.0 Å². The van der Waals surface area contributed by atoms with E-state index in [1.807, 2.05) is 55.6 Å². The van der Waals surface area contributed by atoms with Crippen LogP contribution in [0.2, 0.25) is 5.02 Å². The second-order valence-electron chi connectivity index (χ2n) is 10.2. The predicted molar refractivity (Wildman–Crippen MR) is 165 cm³/mol. The monoisotopic (exact) mass is 605 g/mol. The summed E-state index contributed by atoms with van der Waals surface area (Å²) in [7, 11) is -3.72. The van der Waals surface area contributed by atoms with Gasteiger partial charge in [0.25, 0.3) is 5.91 Å². The van der Waals surface area contributed by atoms with E-state index in [9.17, 15) is 13.2 Å². The Balaban J connectivity index is 1.32. The summed E-state index contributed by atoms with van der Waals surface area (Å²) in [4.78, 5) is 15.5. The van der Waals surface area contributed by atoms with Crippen LogP contribution in [-0.4, -0.2) is 62.7 Å². The van der Waals surface area contributed by atoms with E-state index < -0.39 is 10.0 Å². The van der Waals surface area contributed by atoms with Crippen LogP contribution in [0.25, 0.3) is 22.6 Å². The minimum Gasteiger partial charge on any atom is -0.492 e. The molecule has 218 valence electrons. The van der Waals surface area contributed by atoms with Crippen molar-refractivity contribution in [3.05, 3.63) is 89.1 Å². The number of fused-ring (bicyclic) bond motifs is 2. The van der Waals surface area contributed by atoms with Gasteiger partial charge in [-0.2, -0.15) is 4.31 Å². The summed E-state index contributed by atoms with van der Waals surface area (Å²) in [6, 6.07) is 20.5. The van der Waals surface area contributed by atoms with E-state index in [0.717, 1.165) is 28.6 Å². The number of benzene rings is 3. The molecule has 2 aliphatic heterocycles. The number of carbonyl (C=O) groups is 1. The third kappa shape index (κ3) is 5.33. The highest BCUT2D eigenvalue weighted by Crippen LogP contribution is 2.40. The summed E-state index contributed by atoms with van der Waals surface area (Å²) in [5, 5.41) is 1.60. The van der Waals surface area contributed by atoms with Crippen molar-refractivity contribution in [2.24, 2.45) is 0 Å². The molecule has 1 saturated heterocycles. The van der Waals surface area contributed by atoms with Gasteiger partial charge in [-0.15, -0.1) is 0 Å². The molecule has 0 saturated carbocycles. The molecule has 6 rings (SSSR count). The summed E-state index contributed by atoms with van der Waals surface area (Å²) in [6.07, 6.45) is 4.69. The molecule has 0 radical (unpaired) electrons. The van der Waals surface area contributed by atoms with Crippen LogP contribution in [0.15, 0.2) is 77.8 Å². The van der Waals surface area contributed by atoms with Crippen LogP contribution in [0, 0.1) is 0 Å². The lowest BCUT2D eigenvalue weighted by atomic mass is 10.0. The number of aromatic nitrogens is 1. The molecule has 0 aliphatic carbocycles. The van der Waals surface area contributed by atoms with Crippen LogP contribution in [0.4, 0.5) is 5.69 Å². The number of aryl methyl sites for hydroxylation is 1. The Morgan fingerprint density at radius 2 is 1.79 bits per heavy atom. The van der Waals surface area contributed by atoms with Crippen LogP contribution < -0.4 is 9.64 Å². The number of likely N-dealkylation sites (N-methyl/N-ethyl adjacent to an activating group) is 1. The molecule has 8 nitrogen and oxygen atoms in total. The number of anilines is 1. The standard InChI is InChI=1S/C32H32ClN3O5S/c1-2-36-30-13-12-24(42(38,39)35-15-18-40-19-16-35)21-26(30)27(32(36)37)20-23-22-34(29-10-5-3-8-25(23)29)14-7-17-41-31-11-6-4-9-28(31)33/h3-6,8-13,20-22H,2,7,14-19H2,1H3/b27-20-. The van der Waals surface area contributed by atoms with Crippen LogP contribution in [0.1, 0.15) is 24.5 Å². The minimum absolute atomic E-state index is 0.140. The first-order chi connectivity index (χ1) is 20.4. The maximum Gasteiger partial charge on any atom is 0.258 e. The van der Waals surface area contributed by atoms with Crippen molar-refractivity contribution < 1.29 is 22.7 Å². The van der Waals surface area contributed by atoms with Crippen LogP contribution >= 0.6 is 11.6 Å². The van der Waals surface area contributed by atoms with E-state index in [-0.39, 0.29) is 10.8 Å². The van der Waals surface area contributed by atoms with Gasteiger partial charge < -0.3 is 18.9 Å². The van der Waals surface area contributed by atoms with Crippen molar-refractivity contribution in [2.45, 2.75) is 24.8 Å². The molecule has 4 aromatic rings. The first kappa shape index (κ1) is 28.5. The lowest BCUT2D eigenvalue weighted by molar-refractivity contribution is -0.112. The Hall–Kier alpha value is -3.63. The second-order valence-corrected chi connectivity index (χ2v) is 12.6. The molecule has 3 heterocycles. The zero-order valence-corrected chi connectivity index (χ0v) is 24.9. The molecular formula is C32H32ClN3O5S. The summed E-state index contributed by atoms with van der Waals surface area (Å²) in [5.74, 6) is 0.522. The highest BCUT2D eigenvalue weighted by molar-refractivity contribution is 7.89. The van der Waals surface area contributed by atoms with Gasteiger partial charge in [0.05, 0.1) is 35.4 Å². The fourth-order valence-corrected chi connectivity index (χ4v) is 7.22. The van der Waals surface area contributed by atoms with Gasteiger partial charge >= 0.3 is 0 Å². The first-order valence-electron chi connectivity index (χ1n) is 14.1. The lowest BCUT2D eigenvalue weighted by Crippen LogP contribution is -2.40. The molecule has 1 fully saturated rings. The number of hydrogen-bond donors (Lipinski definition) is 0. The third-order valence-electron chi connectivity index (χ3n) is 7.71. The lowest BCUT2D eigenvalue weighted by Gasteiger charge is -2.26. The average Bonchev–Trinajstić information content (AvgIpc) is 3.50. The molecule has 0 atom stereocenters. The number of carbonyl (C=O) groups excluding carboxylic acids is 1. The summed E-state index contributed by atoms with van der Waals surface area (Å²) in [6.45, 7) is 4.97. The molecule has 3 aromatic carbocycles. The largest absolute Gasteiger partial charge is 0.492 e. The van der Waals surface area contributed by atoms with E-state index in [1.54, 1.807) is 29.2 Å². The Labute approximate surface area is 250 Å². The van der Waals surface area contributed by atoms with Gasteiger partial charge in [0.15, 0.2) is 0 Å². The van der Waals surface area contributed by atoms with Gasteiger partial charge in [-0.3, -0.25) is 4.79 Å². The fourth-order valence-electron chi connectivity index (χ4n) is 5.60. The van der Waals surface area contributed by atoms with E-state index in [4.69, 9.17) is 21.1 Å². The first-order valence-corrected chi connectivity index (χ1v) is 15.9. The van der Waals surface area contributed by atoms with E-state index in [2.05, 4.69) is 10.6 Å². The van der Waals surface area contributed by atoms with Crippen molar-refractivity contribution in [3.8, 4) is 5.75 Å². The highest BCUT2D eigenvalue weighted by Gasteiger charge is 2.34. The molecule has 0 unspecified atom stereocenters. The molecule has 2 aliphatic rings. The molecule has 0 bridgehead atoms. The molecule has 0 N–H and O–H groups in total. The molecule has 10 heteroatoms. The van der Waals surface area contributed by atoms with Gasteiger partial charge in [-0.1, -0.05) is 41.9 Å². The molecular weight excluding hydrogens is 574 g/mol. The summed E-state index contributed by atoms with van der Waals surface area (Å²) in [5.41, 5.74) is 3.77. The Kier molecular flexibility index (Phi) is 8.09. The highest BCUT2D eigenvalue weighted by atomic mass is 35.5. The zero-order chi connectivity index (χ0) is 29.3. The number of hydrogen-bond acceptors (Lipinski definition) is 5. The van der Waals surface area contributed by atoms with E-state index in [1.165, 1.54) is 4.31 Å². The van der Waals surface area contributed by atoms with Crippen molar-refractivity contribution in [1.29, 1.82) is 0 Å². The third-order valence-corrected chi connectivity index (χ3v) is 9.91. The van der Waals surface area contributed by atoms with Crippen LogP contribution in [0.3, 0.4) is 0 Å². The molecule has 1 aromatic heterocycles.